The Balaban J connectivity index is 2.71. The topological polar surface area (TPSA) is 57.2 Å². The Kier molecular flexibility index (Phi) is 1.70. The van der Waals surface area contributed by atoms with Gasteiger partial charge in [0.1, 0.15) is 0 Å². The Labute approximate surface area is 64.9 Å². The molecule has 1 aliphatic rings. The molecule has 1 aliphatic heterocycles. The molecule has 0 unspecified atom stereocenters. The van der Waals surface area contributed by atoms with E-state index in [4.69, 9.17) is 0 Å². The number of hydrogen-bond donors (Lipinski definition) is 0. The molecule has 1 heterocycles. The zero-order valence-electron chi connectivity index (χ0n) is 4.24. The van der Waals surface area contributed by atoms with Crippen LogP contribution in [0.15, 0.2) is 21.7 Å². The number of nitrogens with zero attached hydrogens (tertiary/aromatic N) is 2. The van der Waals surface area contributed by atoms with E-state index in [0.717, 1.165) is 3.58 Å². The monoisotopic (exact) mass is 237 g/mol. The minimum absolute atomic E-state index is 0.0839. The molecular formula is C4H2IN2O2. The Morgan fingerprint density at radius 1 is 1.78 bits per heavy atom. The third-order valence-corrected chi connectivity index (χ3v) is 1.36. The third kappa shape index (κ3) is 1.41. The lowest BCUT2D eigenvalue weighted by Gasteiger charge is -1.86. The Hall–Kier alpha value is -0.590. The Bertz CT molecular complexity index is 209. The first-order valence-corrected chi connectivity index (χ1v) is 3.20. The maximum absolute atomic E-state index is 9.95. The summed E-state index contributed by atoms with van der Waals surface area (Å²) in [5.74, 6) is -0.0839. The van der Waals surface area contributed by atoms with Gasteiger partial charge in [0.05, 0.1) is 9.66 Å². The standard InChI is InChI=1S/C4H2IN2O2/c5-3-1-4(6-2-3)7(8)9/h1-2H. The second kappa shape index (κ2) is 2.34. The van der Waals surface area contributed by atoms with Crippen LogP contribution in [-0.4, -0.2) is 4.92 Å². The maximum Gasteiger partial charge on any atom is 0.364 e. The Morgan fingerprint density at radius 3 is 2.67 bits per heavy atom. The van der Waals surface area contributed by atoms with Crippen molar-refractivity contribution in [1.82, 2.24) is 5.32 Å². The molecule has 0 saturated heterocycles. The van der Waals surface area contributed by atoms with Gasteiger partial charge in [0, 0.05) is 0 Å². The van der Waals surface area contributed by atoms with E-state index in [1.807, 2.05) is 22.6 Å². The van der Waals surface area contributed by atoms with Crippen molar-refractivity contribution in [2.24, 2.45) is 0 Å². The van der Waals surface area contributed by atoms with Crippen molar-refractivity contribution in [2.45, 2.75) is 0 Å². The minimum atomic E-state index is -0.512. The van der Waals surface area contributed by atoms with Gasteiger partial charge in [0.15, 0.2) is 6.20 Å². The molecule has 0 aromatic rings. The largest absolute Gasteiger partial charge is 0.364 e. The highest BCUT2D eigenvalue weighted by Gasteiger charge is 2.17. The van der Waals surface area contributed by atoms with Crippen LogP contribution in [0.5, 0.6) is 0 Å². The SMILES string of the molecule is O=[N+]([O-])C1=CC(I)=C[N]1. The van der Waals surface area contributed by atoms with E-state index in [1.54, 1.807) is 0 Å². The summed E-state index contributed by atoms with van der Waals surface area (Å²) in [4.78, 5) is 9.44. The summed E-state index contributed by atoms with van der Waals surface area (Å²) in [5.41, 5.74) is 0. The average molecular weight is 237 g/mol. The molecule has 0 saturated carbocycles. The van der Waals surface area contributed by atoms with Crippen LogP contribution in [0.25, 0.3) is 0 Å². The van der Waals surface area contributed by atoms with E-state index in [0.29, 0.717) is 0 Å². The number of allylic oxidation sites excluding steroid dienone is 2. The van der Waals surface area contributed by atoms with Crippen LogP contribution in [0.3, 0.4) is 0 Å². The summed E-state index contributed by atoms with van der Waals surface area (Å²) in [6, 6.07) is 0. The molecule has 0 N–H and O–H groups in total. The molecule has 0 aromatic carbocycles. The van der Waals surface area contributed by atoms with Gasteiger partial charge in [-0.25, -0.2) is 0 Å². The van der Waals surface area contributed by atoms with E-state index in [-0.39, 0.29) is 5.82 Å². The highest BCUT2D eigenvalue weighted by Crippen LogP contribution is 2.15. The van der Waals surface area contributed by atoms with Crippen LogP contribution in [0, 0.1) is 10.1 Å². The molecule has 0 bridgehead atoms. The molecule has 9 heavy (non-hydrogen) atoms. The fraction of sp³-hybridized carbons (Fsp3) is 0. The van der Waals surface area contributed by atoms with Crippen LogP contribution in [0.4, 0.5) is 0 Å². The van der Waals surface area contributed by atoms with Gasteiger partial charge in [0.25, 0.3) is 0 Å². The fourth-order valence-corrected chi connectivity index (χ4v) is 0.843. The first-order chi connectivity index (χ1) is 4.20. The highest BCUT2D eigenvalue weighted by molar-refractivity contribution is 14.1. The van der Waals surface area contributed by atoms with Gasteiger partial charge in [-0.15, -0.1) is 0 Å². The molecule has 0 spiro atoms. The molecule has 47 valence electrons. The maximum atomic E-state index is 9.95. The first-order valence-electron chi connectivity index (χ1n) is 2.13. The zero-order valence-corrected chi connectivity index (χ0v) is 6.40. The summed E-state index contributed by atoms with van der Waals surface area (Å²) in [7, 11) is 0. The lowest BCUT2D eigenvalue weighted by Crippen LogP contribution is -2.03. The average Bonchev–Trinajstić information content (AvgIpc) is 2.14. The smallest absolute Gasteiger partial charge is 0.358 e. The van der Waals surface area contributed by atoms with E-state index in [2.05, 4.69) is 5.32 Å². The predicted molar refractivity (Wildman–Crippen MR) is 39.3 cm³/mol. The summed E-state index contributed by atoms with van der Waals surface area (Å²) >= 11 is 1.97. The van der Waals surface area contributed by atoms with Crippen molar-refractivity contribution in [3.05, 3.63) is 31.8 Å². The summed E-state index contributed by atoms with van der Waals surface area (Å²) in [6.07, 6.45) is 2.87. The summed E-state index contributed by atoms with van der Waals surface area (Å²) < 4.78 is 0.791. The highest BCUT2D eigenvalue weighted by atomic mass is 127. The molecule has 0 amide bonds. The van der Waals surface area contributed by atoms with Crippen molar-refractivity contribution < 1.29 is 4.92 Å². The second-order valence-electron chi connectivity index (χ2n) is 1.40. The molecule has 0 aromatic heterocycles. The van der Waals surface area contributed by atoms with Crippen molar-refractivity contribution in [3.8, 4) is 0 Å². The van der Waals surface area contributed by atoms with Crippen LogP contribution in [0.2, 0.25) is 0 Å². The molecule has 0 atom stereocenters. The number of halogens is 1. The number of nitro groups is 1. The molecule has 1 radical (unpaired) electrons. The molecule has 0 fully saturated rings. The van der Waals surface area contributed by atoms with Crippen molar-refractivity contribution in [3.63, 3.8) is 0 Å². The molecular weight excluding hydrogens is 235 g/mol. The van der Waals surface area contributed by atoms with E-state index >= 15 is 0 Å². The van der Waals surface area contributed by atoms with E-state index in [1.165, 1.54) is 12.3 Å². The molecule has 1 rings (SSSR count). The van der Waals surface area contributed by atoms with Crippen LogP contribution >= 0.6 is 22.6 Å². The quantitative estimate of drug-likeness (QED) is 0.388. The molecule has 4 nitrogen and oxygen atoms in total. The van der Waals surface area contributed by atoms with E-state index < -0.39 is 4.92 Å². The molecule has 5 heteroatoms. The van der Waals surface area contributed by atoms with Gasteiger partial charge in [-0.2, -0.15) is 0 Å². The van der Waals surface area contributed by atoms with Crippen molar-refractivity contribution in [1.29, 1.82) is 0 Å². The van der Waals surface area contributed by atoms with Gasteiger partial charge in [0.2, 0.25) is 0 Å². The van der Waals surface area contributed by atoms with Crippen LogP contribution in [-0.2, 0) is 0 Å². The summed E-state index contributed by atoms with van der Waals surface area (Å²) in [6.45, 7) is 0. The van der Waals surface area contributed by atoms with Gasteiger partial charge in [-0.3, -0.25) is 0 Å². The van der Waals surface area contributed by atoms with Crippen molar-refractivity contribution in [2.75, 3.05) is 0 Å². The van der Waals surface area contributed by atoms with Crippen LogP contribution in [0.1, 0.15) is 0 Å². The fourth-order valence-electron chi connectivity index (χ4n) is 0.426. The first kappa shape index (κ1) is 6.53. The lowest BCUT2D eigenvalue weighted by molar-refractivity contribution is -0.430. The van der Waals surface area contributed by atoms with Gasteiger partial charge in [-0.1, -0.05) is 0 Å². The van der Waals surface area contributed by atoms with Crippen molar-refractivity contribution >= 4 is 22.6 Å². The van der Waals surface area contributed by atoms with Gasteiger partial charge >= 0.3 is 5.82 Å². The summed E-state index contributed by atoms with van der Waals surface area (Å²) in [5, 5.41) is 13.5. The van der Waals surface area contributed by atoms with E-state index in [9.17, 15) is 10.1 Å². The van der Waals surface area contributed by atoms with Gasteiger partial charge < -0.3 is 10.1 Å². The van der Waals surface area contributed by atoms with Crippen LogP contribution < -0.4 is 5.32 Å². The zero-order chi connectivity index (χ0) is 6.85. The third-order valence-electron chi connectivity index (χ3n) is 0.774. The lowest BCUT2D eigenvalue weighted by atomic mass is 10.6. The second-order valence-corrected chi connectivity index (χ2v) is 2.65. The minimum Gasteiger partial charge on any atom is -0.358 e. The van der Waals surface area contributed by atoms with Gasteiger partial charge in [-0.05, 0) is 32.8 Å². The Morgan fingerprint density at radius 2 is 2.44 bits per heavy atom. The normalized spacial score (nSPS) is 16.1. The number of rotatable bonds is 1. The number of hydrogen-bond acceptors (Lipinski definition) is 2. The molecule has 0 aliphatic carbocycles. The predicted octanol–water partition coefficient (Wildman–Crippen LogP) is 0.999.